The lowest BCUT2D eigenvalue weighted by atomic mass is 9.84. The van der Waals surface area contributed by atoms with Gasteiger partial charge in [-0.3, -0.25) is 4.68 Å². The smallest absolute Gasteiger partial charge is 0.336 e. The number of carboxylic acids is 1. The number of fused-ring (bicyclic) bond motifs is 4. The Kier molecular flexibility index (Phi) is 4.25. The third kappa shape index (κ3) is 2.93. The summed E-state index contributed by atoms with van der Waals surface area (Å²) in [6.45, 7) is 8.30. The Labute approximate surface area is 147 Å². The van der Waals surface area contributed by atoms with Crippen LogP contribution in [-0.2, 0) is 6.54 Å². The molecule has 0 amide bonds. The number of nitrogens with zero attached hydrogens (tertiary/aromatic N) is 3. The van der Waals surface area contributed by atoms with Crippen LogP contribution in [0.2, 0.25) is 0 Å². The molecule has 2 aromatic rings. The SMILES string of the molecule is CC(C)n1nc(CNC2CN3CCC2CC3)c2c(C(=O)O)cccc21. The first-order valence-electron chi connectivity index (χ1n) is 9.23. The van der Waals surface area contributed by atoms with Crippen molar-refractivity contribution in [3.8, 4) is 0 Å². The standard InChI is InChI=1S/C19H26N4O2/c1-12(2)23-17-5-3-4-14(19(24)25)18(17)15(21-23)10-20-16-11-22-8-6-13(16)7-9-22/h3-5,12-13,16,20H,6-11H2,1-2H3,(H,24,25). The van der Waals surface area contributed by atoms with Gasteiger partial charge in [0.05, 0.1) is 16.8 Å². The minimum Gasteiger partial charge on any atom is -0.478 e. The minimum atomic E-state index is -0.891. The Morgan fingerprint density at radius 3 is 2.72 bits per heavy atom. The zero-order valence-corrected chi connectivity index (χ0v) is 14.9. The van der Waals surface area contributed by atoms with Crippen LogP contribution < -0.4 is 5.32 Å². The summed E-state index contributed by atoms with van der Waals surface area (Å²) in [7, 11) is 0. The highest BCUT2D eigenvalue weighted by Crippen LogP contribution is 2.29. The third-order valence-corrected chi connectivity index (χ3v) is 5.71. The van der Waals surface area contributed by atoms with E-state index in [0.29, 0.717) is 18.2 Å². The number of benzene rings is 1. The van der Waals surface area contributed by atoms with E-state index in [1.165, 1.54) is 25.9 Å². The summed E-state index contributed by atoms with van der Waals surface area (Å²) in [5.41, 5.74) is 2.09. The van der Waals surface area contributed by atoms with E-state index in [1.807, 2.05) is 10.7 Å². The number of aromatic carboxylic acids is 1. The van der Waals surface area contributed by atoms with Crippen molar-refractivity contribution in [1.29, 1.82) is 0 Å². The van der Waals surface area contributed by atoms with Crippen molar-refractivity contribution in [2.24, 2.45) is 5.92 Å². The van der Waals surface area contributed by atoms with Crippen LogP contribution in [0, 0.1) is 5.92 Å². The van der Waals surface area contributed by atoms with Crippen molar-refractivity contribution in [1.82, 2.24) is 20.0 Å². The molecule has 25 heavy (non-hydrogen) atoms. The molecule has 1 unspecified atom stereocenters. The third-order valence-electron chi connectivity index (χ3n) is 5.71. The molecule has 2 bridgehead atoms. The fraction of sp³-hybridized carbons (Fsp3) is 0.579. The maximum absolute atomic E-state index is 11.7. The van der Waals surface area contributed by atoms with Gasteiger partial charge in [0.25, 0.3) is 0 Å². The largest absolute Gasteiger partial charge is 0.478 e. The summed E-state index contributed by atoms with van der Waals surface area (Å²) in [6, 6.07) is 6.12. The molecule has 6 nitrogen and oxygen atoms in total. The number of rotatable bonds is 5. The zero-order valence-electron chi connectivity index (χ0n) is 14.9. The molecule has 134 valence electrons. The van der Waals surface area contributed by atoms with E-state index < -0.39 is 5.97 Å². The topological polar surface area (TPSA) is 70.4 Å². The Morgan fingerprint density at radius 1 is 1.36 bits per heavy atom. The number of hydrogen-bond acceptors (Lipinski definition) is 4. The summed E-state index contributed by atoms with van der Waals surface area (Å²) in [5.74, 6) is -0.152. The first-order chi connectivity index (χ1) is 12.0. The average molecular weight is 342 g/mol. The maximum Gasteiger partial charge on any atom is 0.336 e. The van der Waals surface area contributed by atoms with E-state index in [2.05, 4.69) is 24.1 Å². The second-order valence-corrected chi connectivity index (χ2v) is 7.62. The van der Waals surface area contributed by atoms with Crippen LogP contribution in [0.1, 0.15) is 48.8 Å². The summed E-state index contributed by atoms with van der Waals surface area (Å²) in [5, 5.41) is 18.8. The molecule has 3 aliphatic heterocycles. The molecule has 0 saturated carbocycles. The molecule has 5 rings (SSSR count). The van der Waals surface area contributed by atoms with Crippen LogP contribution in [0.25, 0.3) is 10.9 Å². The van der Waals surface area contributed by atoms with Crippen molar-refractivity contribution >= 4 is 16.9 Å². The summed E-state index contributed by atoms with van der Waals surface area (Å²) >= 11 is 0. The molecule has 0 aliphatic carbocycles. The van der Waals surface area contributed by atoms with E-state index in [1.54, 1.807) is 12.1 Å². The van der Waals surface area contributed by atoms with Gasteiger partial charge < -0.3 is 15.3 Å². The van der Waals surface area contributed by atoms with Gasteiger partial charge >= 0.3 is 5.97 Å². The molecule has 1 aromatic heterocycles. The summed E-state index contributed by atoms with van der Waals surface area (Å²) in [6.07, 6.45) is 2.53. The number of hydrogen-bond donors (Lipinski definition) is 2. The Morgan fingerprint density at radius 2 is 2.12 bits per heavy atom. The van der Waals surface area contributed by atoms with E-state index in [9.17, 15) is 9.90 Å². The first-order valence-corrected chi connectivity index (χ1v) is 9.23. The van der Waals surface area contributed by atoms with Crippen LogP contribution >= 0.6 is 0 Å². The Bertz CT molecular complexity index is 790. The van der Waals surface area contributed by atoms with Crippen molar-refractivity contribution < 1.29 is 9.90 Å². The van der Waals surface area contributed by atoms with Crippen molar-refractivity contribution in [2.75, 3.05) is 19.6 Å². The molecular weight excluding hydrogens is 316 g/mol. The van der Waals surface area contributed by atoms with Gasteiger partial charge in [-0.15, -0.1) is 0 Å². The van der Waals surface area contributed by atoms with Crippen molar-refractivity contribution in [3.63, 3.8) is 0 Å². The van der Waals surface area contributed by atoms with Crippen LogP contribution in [0.3, 0.4) is 0 Å². The van der Waals surface area contributed by atoms with Gasteiger partial charge in [-0.25, -0.2) is 4.79 Å². The number of piperidine rings is 3. The van der Waals surface area contributed by atoms with Gasteiger partial charge in [0.15, 0.2) is 0 Å². The molecule has 3 saturated heterocycles. The molecule has 6 heteroatoms. The number of carbonyl (C=O) groups is 1. The second kappa shape index (κ2) is 6.42. The van der Waals surface area contributed by atoms with Gasteiger partial charge in [-0.2, -0.15) is 5.10 Å². The number of nitrogens with one attached hydrogen (secondary N) is 1. The van der Waals surface area contributed by atoms with E-state index in [-0.39, 0.29) is 6.04 Å². The fourth-order valence-corrected chi connectivity index (χ4v) is 4.39. The normalized spacial score (nSPS) is 25.8. The molecule has 3 fully saturated rings. The maximum atomic E-state index is 11.7. The second-order valence-electron chi connectivity index (χ2n) is 7.62. The highest BCUT2D eigenvalue weighted by atomic mass is 16.4. The Balaban J connectivity index is 1.65. The highest BCUT2D eigenvalue weighted by molar-refractivity contribution is 6.03. The minimum absolute atomic E-state index is 0.192. The number of carboxylic acid groups (broad SMARTS) is 1. The highest BCUT2D eigenvalue weighted by Gasteiger charge is 2.34. The van der Waals surface area contributed by atoms with Gasteiger partial charge in [-0.1, -0.05) is 6.07 Å². The van der Waals surface area contributed by atoms with Crippen molar-refractivity contribution in [2.45, 2.75) is 45.3 Å². The molecule has 3 aliphatic rings. The van der Waals surface area contributed by atoms with E-state index >= 15 is 0 Å². The molecular formula is C19H26N4O2. The molecule has 1 atom stereocenters. The lowest BCUT2D eigenvalue weighted by Gasteiger charge is -2.45. The van der Waals surface area contributed by atoms with Crippen molar-refractivity contribution in [3.05, 3.63) is 29.5 Å². The first kappa shape index (κ1) is 16.5. The fourth-order valence-electron chi connectivity index (χ4n) is 4.39. The predicted molar refractivity (Wildman–Crippen MR) is 96.9 cm³/mol. The van der Waals surface area contributed by atoms with Gasteiger partial charge in [0, 0.05) is 30.6 Å². The molecule has 0 radical (unpaired) electrons. The Hall–Kier alpha value is -1.92. The summed E-state index contributed by atoms with van der Waals surface area (Å²) in [4.78, 5) is 14.2. The van der Waals surface area contributed by atoms with Crippen LogP contribution in [0.5, 0.6) is 0 Å². The van der Waals surface area contributed by atoms with Crippen LogP contribution in [0.15, 0.2) is 18.2 Å². The lowest BCUT2D eigenvalue weighted by molar-refractivity contribution is 0.0698. The number of aromatic nitrogens is 2. The predicted octanol–water partition coefficient (Wildman–Crippen LogP) is 2.50. The molecule has 4 heterocycles. The lowest BCUT2D eigenvalue weighted by Crippen LogP contribution is -2.55. The van der Waals surface area contributed by atoms with Gasteiger partial charge in [0.2, 0.25) is 0 Å². The average Bonchev–Trinajstić information content (AvgIpc) is 3.00. The van der Waals surface area contributed by atoms with Crippen LogP contribution in [-0.4, -0.2) is 51.4 Å². The zero-order chi connectivity index (χ0) is 17.6. The molecule has 0 spiro atoms. The molecule has 1 aromatic carbocycles. The van der Waals surface area contributed by atoms with E-state index in [4.69, 9.17) is 5.10 Å². The van der Waals surface area contributed by atoms with Gasteiger partial charge in [0.1, 0.15) is 0 Å². The van der Waals surface area contributed by atoms with Gasteiger partial charge in [-0.05, 0) is 57.8 Å². The quantitative estimate of drug-likeness (QED) is 0.874. The molecule has 2 N–H and O–H groups in total. The van der Waals surface area contributed by atoms with E-state index in [0.717, 1.165) is 29.1 Å². The monoisotopic (exact) mass is 342 g/mol. The van der Waals surface area contributed by atoms with Crippen LogP contribution in [0.4, 0.5) is 0 Å². The summed E-state index contributed by atoms with van der Waals surface area (Å²) < 4.78 is 1.94.